The summed E-state index contributed by atoms with van der Waals surface area (Å²) in [5, 5.41) is 4.34. The first kappa shape index (κ1) is 19.9. The maximum Gasteiger partial charge on any atom is 0.236 e. The fraction of sp³-hybridized carbons (Fsp3) is 0.364. The van der Waals surface area contributed by atoms with Crippen LogP contribution < -0.4 is 19.7 Å². The molecule has 1 saturated heterocycles. The van der Waals surface area contributed by atoms with Crippen LogP contribution in [0.5, 0.6) is 11.6 Å². The van der Waals surface area contributed by atoms with E-state index in [1.54, 1.807) is 18.4 Å². The van der Waals surface area contributed by atoms with E-state index >= 15 is 0 Å². The Morgan fingerprint density at radius 2 is 1.84 bits per heavy atom. The average molecular weight is 437 g/mol. The van der Waals surface area contributed by atoms with Gasteiger partial charge in [0.1, 0.15) is 20.8 Å². The Bertz CT molecular complexity index is 1230. The van der Waals surface area contributed by atoms with Crippen molar-refractivity contribution < 1.29 is 9.47 Å². The molecule has 1 aromatic carbocycles. The van der Waals surface area contributed by atoms with Crippen molar-refractivity contribution in [2.75, 3.05) is 44.8 Å². The zero-order valence-corrected chi connectivity index (χ0v) is 18.6. The van der Waals surface area contributed by atoms with Crippen LogP contribution in [0.25, 0.3) is 31.8 Å². The second kappa shape index (κ2) is 8.24. The monoisotopic (exact) mass is 436 g/mol. The number of piperazine rings is 1. The maximum atomic E-state index is 5.92. The van der Waals surface area contributed by atoms with Crippen LogP contribution in [0.3, 0.4) is 0 Å². The number of methoxy groups -OCH3 is 1. The van der Waals surface area contributed by atoms with Gasteiger partial charge in [0.25, 0.3) is 0 Å². The van der Waals surface area contributed by atoms with Gasteiger partial charge >= 0.3 is 0 Å². The number of ether oxygens (including phenoxy) is 2. The molecular weight excluding hydrogens is 412 g/mol. The van der Waals surface area contributed by atoms with Gasteiger partial charge in [0.2, 0.25) is 11.8 Å². The summed E-state index contributed by atoms with van der Waals surface area (Å²) in [6.07, 6.45) is 0. The molecule has 0 radical (unpaired) electrons. The summed E-state index contributed by atoms with van der Waals surface area (Å²) in [4.78, 5) is 22.4. The maximum absolute atomic E-state index is 5.92. The number of thiophene rings is 1. The number of hydrogen-bond acceptors (Lipinski definition) is 9. The van der Waals surface area contributed by atoms with E-state index in [1.165, 1.54) is 0 Å². The molecule has 1 N–H and O–H groups in total. The first-order valence-electron chi connectivity index (χ1n) is 10.4. The predicted octanol–water partition coefficient (Wildman–Crippen LogP) is 3.43. The van der Waals surface area contributed by atoms with Crippen LogP contribution in [0.2, 0.25) is 0 Å². The summed E-state index contributed by atoms with van der Waals surface area (Å²) >= 11 is 1.56. The molecule has 0 saturated carbocycles. The Labute approximate surface area is 184 Å². The molecule has 9 heteroatoms. The van der Waals surface area contributed by atoms with Gasteiger partial charge < -0.3 is 19.7 Å². The molecule has 0 aliphatic carbocycles. The minimum absolute atomic E-state index is 0.545. The standard InChI is InChI=1S/C22H24N6O2S/c1-4-30-20-18-17(25-22(27-20)28-11-9-23-10-12-28)16-13(2)24-19(26-21(16)31-18)14-5-7-15(29-3)8-6-14/h5-8,23H,4,9-12H2,1-3H3. The number of fused-ring (bicyclic) bond motifs is 3. The van der Waals surface area contributed by atoms with Crippen LogP contribution in [0.15, 0.2) is 24.3 Å². The minimum atomic E-state index is 0.545. The SMILES string of the molecule is CCOc1nc(N2CCNCC2)nc2c1sc1nc(-c3ccc(OC)cc3)nc(C)c12. The molecule has 31 heavy (non-hydrogen) atoms. The van der Waals surface area contributed by atoms with Crippen LogP contribution in [0, 0.1) is 6.92 Å². The van der Waals surface area contributed by atoms with Crippen molar-refractivity contribution in [3.8, 4) is 23.0 Å². The first-order chi connectivity index (χ1) is 15.2. The third-order valence-corrected chi connectivity index (χ3v) is 6.40. The van der Waals surface area contributed by atoms with Crippen LogP contribution in [0.1, 0.15) is 12.6 Å². The number of aromatic nitrogens is 4. The first-order valence-corrected chi connectivity index (χ1v) is 11.2. The van der Waals surface area contributed by atoms with E-state index in [-0.39, 0.29) is 0 Å². The van der Waals surface area contributed by atoms with Crippen molar-refractivity contribution in [3.05, 3.63) is 30.0 Å². The fourth-order valence-corrected chi connectivity index (χ4v) is 4.89. The number of rotatable bonds is 5. The molecule has 1 aliphatic rings. The highest BCUT2D eigenvalue weighted by Gasteiger charge is 2.22. The molecule has 3 aromatic heterocycles. The van der Waals surface area contributed by atoms with E-state index in [0.29, 0.717) is 24.3 Å². The Balaban J connectivity index is 1.67. The van der Waals surface area contributed by atoms with E-state index in [2.05, 4.69) is 10.2 Å². The molecule has 4 aromatic rings. The number of nitrogens with zero attached hydrogens (tertiary/aromatic N) is 5. The highest BCUT2D eigenvalue weighted by atomic mass is 32.1. The van der Waals surface area contributed by atoms with Gasteiger partial charge in [-0.2, -0.15) is 4.98 Å². The van der Waals surface area contributed by atoms with Gasteiger partial charge in [-0.15, -0.1) is 11.3 Å². The molecule has 1 fully saturated rings. The molecule has 0 spiro atoms. The Morgan fingerprint density at radius 3 is 2.55 bits per heavy atom. The molecule has 1 aliphatic heterocycles. The third kappa shape index (κ3) is 3.64. The number of hydrogen-bond donors (Lipinski definition) is 1. The van der Waals surface area contributed by atoms with Crippen molar-refractivity contribution >= 4 is 37.7 Å². The van der Waals surface area contributed by atoms with E-state index in [9.17, 15) is 0 Å². The van der Waals surface area contributed by atoms with E-state index in [0.717, 1.165) is 63.6 Å². The summed E-state index contributed by atoms with van der Waals surface area (Å²) < 4.78 is 12.1. The molecule has 160 valence electrons. The zero-order chi connectivity index (χ0) is 21.4. The molecule has 0 unspecified atom stereocenters. The Hall–Kier alpha value is -3.04. The fourth-order valence-electron chi connectivity index (χ4n) is 3.78. The highest BCUT2D eigenvalue weighted by Crippen LogP contribution is 2.39. The van der Waals surface area contributed by atoms with Gasteiger partial charge in [-0.05, 0) is 38.1 Å². The lowest BCUT2D eigenvalue weighted by atomic mass is 10.2. The molecule has 4 heterocycles. The van der Waals surface area contributed by atoms with Crippen LogP contribution in [-0.2, 0) is 0 Å². The van der Waals surface area contributed by atoms with E-state index < -0.39 is 0 Å². The van der Waals surface area contributed by atoms with Crippen molar-refractivity contribution in [1.82, 2.24) is 25.3 Å². The largest absolute Gasteiger partial charge is 0.497 e. The Morgan fingerprint density at radius 1 is 1.06 bits per heavy atom. The molecule has 0 bridgehead atoms. The second-order valence-corrected chi connectivity index (χ2v) is 8.32. The van der Waals surface area contributed by atoms with Crippen molar-refractivity contribution in [1.29, 1.82) is 0 Å². The Kier molecular flexibility index (Phi) is 5.29. The summed E-state index contributed by atoms with van der Waals surface area (Å²) in [5.41, 5.74) is 2.71. The van der Waals surface area contributed by atoms with Crippen molar-refractivity contribution in [3.63, 3.8) is 0 Å². The average Bonchev–Trinajstić information content (AvgIpc) is 3.19. The second-order valence-electron chi connectivity index (χ2n) is 7.32. The molecule has 5 rings (SSSR count). The smallest absolute Gasteiger partial charge is 0.236 e. The lowest BCUT2D eigenvalue weighted by molar-refractivity contribution is 0.331. The van der Waals surface area contributed by atoms with Crippen LogP contribution >= 0.6 is 11.3 Å². The van der Waals surface area contributed by atoms with Gasteiger partial charge in [-0.1, -0.05) is 0 Å². The summed E-state index contributed by atoms with van der Waals surface area (Å²) in [6, 6.07) is 7.78. The molecular formula is C22H24N6O2S. The lowest BCUT2D eigenvalue weighted by Crippen LogP contribution is -2.44. The number of benzene rings is 1. The zero-order valence-electron chi connectivity index (χ0n) is 17.8. The summed E-state index contributed by atoms with van der Waals surface area (Å²) in [7, 11) is 1.66. The summed E-state index contributed by atoms with van der Waals surface area (Å²) in [5.74, 6) is 2.82. The van der Waals surface area contributed by atoms with Gasteiger partial charge in [0.15, 0.2) is 5.82 Å². The quantitative estimate of drug-likeness (QED) is 0.509. The van der Waals surface area contributed by atoms with Gasteiger partial charge in [-0.3, -0.25) is 0 Å². The predicted molar refractivity (Wildman–Crippen MR) is 123 cm³/mol. The van der Waals surface area contributed by atoms with Gasteiger partial charge in [0, 0.05) is 31.7 Å². The van der Waals surface area contributed by atoms with Crippen molar-refractivity contribution in [2.24, 2.45) is 0 Å². The minimum Gasteiger partial charge on any atom is -0.497 e. The van der Waals surface area contributed by atoms with Crippen molar-refractivity contribution in [2.45, 2.75) is 13.8 Å². The highest BCUT2D eigenvalue weighted by molar-refractivity contribution is 7.25. The molecule has 0 atom stereocenters. The summed E-state index contributed by atoms with van der Waals surface area (Å²) in [6.45, 7) is 8.11. The third-order valence-electron chi connectivity index (χ3n) is 5.34. The number of nitrogens with one attached hydrogen (secondary N) is 1. The van der Waals surface area contributed by atoms with E-state index in [1.807, 2.05) is 38.1 Å². The van der Waals surface area contributed by atoms with E-state index in [4.69, 9.17) is 29.4 Å². The molecule has 8 nitrogen and oxygen atoms in total. The normalized spacial score (nSPS) is 14.4. The number of anilines is 1. The number of aryl methyl sites for hydroxylation is 1. The molecule has 0 amide bonds. The lowest BCUT2D eigenvalue weighted by Gasteiger charge is -2.27. The van der Waals surface area contributed by atoms with Gasteiger partial charge in [0.05, 0.1) is 24.8 Å². The van der Waals surface area contributed by atoms with Crippen LogP contribution in [-0.4, -0.2) is 59.8 Å². The topological polar surface area (TPSA) is 85.3 Å². The van der Waals surface area contributed by atoms with Crippen LogP contribution in [0.4, 0.5) is 5.95 Å². The van der Waals surface area contributed by atoms with Gasteiger partial charge in [-0.25, -0.2) is 15.0 Å².